The monoisotopic (exact) mass is 284 g/mol. The van der Waals surface area contributed by atoms with Gasteiger partial charge in [-0.2, -0.15) is 0 Å². The Hall–Kier alpha value is -1.65. The molecule has 3 rings (SSSR count). The molecule has 0 bridgehead atoms. The zero-order valence-corrected chi connectivity index (χ0v) is 12.6. The molecule has 112 valence electrons. The van der Waals surface area contributed by atoms with Gasteiger partial charge in [0.05, 0.1) is 0 Å². The second-order valence-corrected chi connectivity index (χ2v) is 6.11. The molecule has 1 atom stereocenters. The molecule has 0 aliphatic heterocycles. The minimum absolute atomic E-state index is 0.127. The van der Waals surface area contributed by atoms with Gasteiger partial charge in [-0.15, -0.1) is 0 Å². The average Bonchev–Trinajstić information content (AvgIpc) is 3.16. The van der Waals surface area contributed by atoms with Gasteiger partial charge in [0.25, 0.3) is 0 Å². The molecule has 21 heavy (non-hydrogen) atoms. The van der Waals surface area contributed by atoms with Gasteiger partial charge < -0.3 is 4.57 Å². The lowest BCUT2D eigenvalue weighted by Crippen LogP contribution is -2.51. The lowest BCUT2D eigenvalue weighted by molar-refractivity contribution is 0.291. The molecule has 1 saturated carbocycles. The van der Waals surface area contributed by atoms with Crippen LogP contribution in [0.3, 0.4) is 0 Å². The lowest BCUT2D eigenvalue weighted by Gasteiger charge is -2.38. The molecule has 1 unspecified atom stereocenters. The van der Waals surface area contributed by atoms with Crippen molar-refractivity contribution in [3.8, 4) is 0 Å². The molecule has 1 aromatic heterocycles. The predicted molar refractivity (Wildman–Crippen MR) is 84.6 cm³/mol. The third kappa shape index (κ3) is 2.61. The summed E-state index contributed by atoms with van der Waals surface area (Å²) in [6.07, 6.45) is 9.63. The van der Waals surface area contributed by atoms with Gasteiger partial charge in [-0.05, 0) is 18.4 Å². The van der Waals surface area contributed by atoms with Crippen molar-refractivity contribution >= 4 is 0 Å². The smallest absolute Gasteiger partial charge is 0.110 e. The summed E-state index contributed by atoms with van der Waals surface area (Å²) < 4.78 is 2.08. The zero-order valence-electron chi connectivity index (χ0n) is 12.6. The van der Waals surface area contributed by atoms with Crippen LogP contribution < -0.4 is 11.3 Å². The van der Waals surface area contributed by atoms with Crippen LogP contribution in [0.4, 0.5) is 0 Å². The van der Waals surface area contributed by atoms with Crippen molar-refractivity contribution in [2.24, 2.45) is 12.9 Å². The van der Waals surface area contributed by atoms with E-state index in [0.29, 0.717) is 0 Å². The van der Waals surface area contributed by atoms with Gasteiger partial charge >= 0.3 is 0 Å². The fourth-order valence-electron chi connectivity index (χ4n) is 3.80. The van der Waals surface area contributed by atoms with Crippen LogP contribution >= 0.6 is 0 Å². The van der Waals surface area contributed by atoms with Crippen LogP contribution in [0.1, 0.15) is 37.1 Å². The molecule has 1 fully saturated rings. The summed E-state index contributed by atoms with van der Waals surface area (Å²) in [5.74, 6) is 7.04. The van der Waals surface area contributed by atoms with Gasteiger partial charge in [-0.3, -0.25) is 11.3 Å². The molecule has 0 saturated heterocycles. The molecule has 1 heterocycles. The highest BCUT2D eigenvalue weighted by molar-refractivity contribution is 5.29. The van der Waals surface area contributed by atoms with Gasteiger partial charge in [-0.1, -0.05) is 43.2 Å². The largest absolute Gasteiger partial charge is 0.338 e. The van der Waals surface area contributed by atoms with E-state index in [1.165, 1.54) is 31.2 Å². The number of hydrogen-bond donors (Lipinski definition) is 2. The van der Waals surface area contributed by atoms with Gasteiger partial charge in [-0.25, -0.2) is 4.98 Å². The first kappa shape index (κ1) is 14.3. The summed E-state index contributed by atoms with van der Waals surface area (Å²) in [7, 11) is 2.04. The number of benzene rings is 1. The topological polar surface area (TPSA) is 55.9 Å². The fourth-order valence-corrected chi connectivity index (χ4v) is 3.80. The van der Waals surface area contributed by atoms with Crippen LogP contribution in [0, 0.1) is 0 Å². The van der Waals surface area contributed by atoms with E-state index in [1.807, 2.05) is 19.4 Å². The highest BCUT2D eigenvalue weighted by Gasteiger charge is 2.42. The molecule has 1 aliphatic carbocycles. The quantitative estimate of drug-likeness (QED) is 0.654. The van der Waals surface area contributed by atoms with E-state index in [9.17, 15) is 0 Å². The number of aromatic nitrogens is 2. The number of imidazole rings is 1. The van der Waals surface area contributed by atoms with Crippen molar-refractivity contribution in [2.75, 3.05) is 0 Å². The summed E-state index contributed by atoms with van der Waals surface area (Å²) in [4.78, 5) is 4.47. The normalized spacial score (nSPS) is 18.8. The van der Waals surface area contributed by atoms with Crippen molar-refractivity contribution in [2.45, 2.75) is 43.6 Å². The second kappa shape index (κ2) is 6.00. The van der Waals surface area contributed by atoms with E-state index in [0.717, 1.165) is 12.2 Å². The highest BCUT2D eigenvalue weighted by Crippen LogP contribution is 2.44. The van der Waals surface area contributed by atoms with Crippen molar-refractivity contribution in [3.05, 3.63) is 54.1 Å². The Kier molecular flexibility index (Phi) is 4.08. The Morgan fingerprint density at radius 2 is 2.00 bits per heavy atom. The maximum atomic E-state index is 5.95. The van der Waals surface area contributed by atoms with Crippen LogP contribution in [-0.2, 0) is 18.9 Å². The van der Waals surface area contributed by atoms with Crippen LogP contribution in [-0.4, -0.2) is 15.6 Å². The zero-order chi connectivity index (χ0) is 14.7. The van der Waals surface area contributed by atoms with Gasteiger partial charge in [0.15, 0.2) is 0 Å². The minimum atomic E-state index is 0.127. The van der Waals surface area contributed by atoms with E-state index < -0.39 is 0 Å². The van der Waals surface area contributed by atoms with E-state index in [-0.39, 0.29) is 11.5 Å². The van der Waals surface area contributed by atoms with Gasteiger partial charge in [0.1, 0.15) is 5.82 Å². The summed E-state index contributed by atoms with van der Waals surface area (Å²) in [6, 6.07) is 11.0. The van der Waals surface area contributed by atoms with E-state index in [4.69, 9.17) is 5.84 Å². The Bertz CT molecular complexity index is 569. The summed E-state index contributed by atoms with van der Waals surface area (Å²) in [6.45, 7) is 0. The van der Waals surface area contributed by atoms with Crippen LogP contribution in [0.25, 0.3) is 0 Å². The summed E-state index contributed by atoms with van der Waals surface area (Å²) in [5, 5.41) is 0. The molecule has 4 nitrogen and oxygen atoms in total. The number of hydrazine groups is 1. The van der Waals surface area contributed by atoms with Gasteiger partial charge in [0.2, 0.25) is 0 Å². The first-order valence-electron chi connectivity index (χ1n) is 7.74. The number of nitrogens with one attached hydrogen (secondary N) is 1. The third-order valence-electron chi connectivity index (χ3n) is 5.02. The van der Waals surface area contributed by atoms with E-state index in [2.05, 4.69) is 45.3 Å². The Morgan fingerprint density at radius 1 is 1.29 bits per heavy atom. The fraction of sp³-hybridized carbons (Fsp3) is 0.471. The number of nitrogens with two attached hydrogens (primary N) is 1. The Morgan fingerprint density at radius 3 is 2.57 bits per heavy atom. The van der Waals surface area contributed by atoms with Crippen LogP contribution in [0.2, 0.25) is 0 Å². The molecular formula is C17H24N4. The Labute approximate surface area is 126 Å². The molecule has 0 amide bonds. The summed E-state index contributed by atoms with van der Waals surface area (Å²) >= 11 is 0. The highest BCUT2D eigenvalue weighted by atomic mass is 15.2. The van der Waals surface area contributed by atoms with Crippen molar-refractivity contribution < 1.29 is 0 Å². The van der Waals surface area contributed by atoms with Crippen molar-refractivity contribution in [3.63, 3.8) is 0 Å². The molecular weight excluding hydrogens is 260 g/mol. The maximum absolute atomic E-state index is 5.95. The number of aryl methyl sites for hydroxylation is 1. The second-order valence-electron chi connectivity index (χ2n) is 6.11. The maximum Gasteiger partial charge on any atom is 0.110 e. The van der Waals surface area contributed by atoms with Gasteiger partial charge in [0, 0.05) is 37.3 Å². The van der Waals surface area contributed by atoms with E-state index in [1.54, 1.807) is 0 Å². The molecule has 4 heteroatoms. The molecule has 1 aliphatic rings. The summed E-state index contributed by atoms with van der Waals surface area (Å²) in [5.41, 5.74) is 4.62. The van der Waals surface area contributed by atoms with Crippen LogP contribution in [0.15, 0.2) is 42.7 Å². The molecule has 1 aromatic carbocycles. The predicted octanol–water partition coefficient (Wildman–Crippen LogP) is 2.31. The third-order valence-corrected chi connectivity index (χ3v) is 5.02. The number of rotatable bonds is 5. The minimum Gasteiger partial charge on any atom is -0.338 e. The Balaban J connectivity index is 1.93. The SMILES string of the molecule is Cn1ccnc1CC(NN)C1(c2ccccc2)CCCC1. The molecule has 2 aromatic rings. The standard InChI is InChI=1S/C17H24N4/c1-21-12-11-19-16(21)13-15(20-18)17(9-5-6-10-17)14-7-3-2-4-8-14/h2-4,7-8,11-12,15,20H,5-6,9-10,13,18H2,1H3. The number of hydrogen-bond acceptors (Lipinski definition) is 3. The lowest BCUT2D eigenvalue weighted by atomic mass is 9.71. The van der Waals surface area contributed by atoms with Crippen molar-refractivity contribution in [1.29, 1.82) is 0 Å². The van der Waals surface area contributed by atoms with E-state index >= 15 is 0 Å². The average molecular weight is 284 g/mol. The molecule has 3 N–H and O–H groups in total. The molecule has 0 radical (unpaired) electrons. The first-order valence-corrected chi connectivity index (χ1v) is 7.74. The van der Waals surface area contributed by atoms with Crippen LogP contribution in [0.5, 0.6) is 0 Å². The van der Waals surface area contributed by atoms with Crippen molar-refractivity contribution in [1.82, 2.24) is 15.0 Å². The first-order chi connectivity index (χ1) is 10.3. The number of nitrogens with zero attached hydrogens (tertiary/aromatic N) is 2. The molecule has 0 spiro atoms.